The van der Waals surface area contributed by atoms with Gasteiger partial charge in [-0.1, -0.05) is 0 Å². The number of rotatable bonds is 7. The number of carbonyl (C=O) groups is 3. The molecule has 1 aromatic carbocycles. The van der Waals surface area contributed by atoms with E-state index in [4.69, 9.17) is 9.47 Å². The largest absolute Gasteiger partial charge is 0.490 e. The van der Waals surface area contributed by atoms with Gasteiger partial charge in [0.15, 0.2) is 12.4 Å². The van der Waals surface area contributed by atoms with Gasteiger partial charge in [-0.3, -0.25) is 24.5 Å². The van der Waals surface area contributed by atoms with Crippen molar-refractivity contribution in [3.63, 3.8) is 0 Å². The van der Waals surface area contributed by atoms with Crippen molar-refractivity contribution in [3.8, 4) is 5.75 Å². The molecule has 1 aromatic rings. The number of nitrogens with zero attached hydrogens (tertiary/aromatic N) is 2. The Hall–Kier alpha value is -3.17. The Labute approximate surface area is 155 Å². The maximum atomic E-state index is 12.1. The molecule has 1 saturated heterocycles. The molecule has 1 aliphatic rings. The number of methoxy groups -OCH3 is 1. The molecule has 0 saturated carbocycles. The summed E-state index contributed by atoms with van der Waals surface area (Å²) >= 11 is 0. The number of nitro groups is 1. The Bertz CT molecular complexity index is 729. The van der Waals surface area contributed by atoms with Crippen molar-refractivity contribution in [2.75, 3.05) is 33.4 Å². The number of benzene rings is 1. The Morgan fingerprint density at radius 3 is 2.56 bits per heavy atom. The van der Waals surface area contributed by atoms with E-state index in [0.717, 1.165) is 25.3 Å². The van der Waals surface area contributed by atoms with Crippen LogP contribution in [-0.2, 0) is 14.3 Å². The van der Waals surface area contributed by atoms with Crippen LogP contribution in [0, 0.1) is 10.1 Å². The molecule has 2 rings (SSSR count). The minimum atomic E-state index is -0.767. The second-order valence-corrected chi connectivity index (χ2v) is 5.93. The average Bonchev–Trinajstić information content (AvgIpc) is 2.70. The molecule has 0 radical (unpaired) electrons. The molecular weight excluding hydrogens is 358 g/mol. The number of ether oxygens (including phenoxy) is 2. The molecule has 1 N–H and O–H groups in total. The summed E-state index contributed by atoms with van der Waals surface area (Å²) in [7, 11) is 1.28. The number of likely N-dealkylation sites (tertiary alicyclic amines) is 1. The molecule has 1 aliphatic heterocycles. The highest BCUT2D eigenvalue weighted by Crippen LogP contribution is 2.27. The van der Waals surface area contributed by atoms with Crippen molar-refractivity contribution in [1.29, 1.82) is 0 Å². The SMILES string of the molecule is COc1ccc(C(=O)NCC(=O)OCC(=O)N2CCCCC2)cc1[N+](=O)[O-]. The van der Waals surface area contributed by atoms with Crippen LogP contribution in [0.4, 0.5) is 5.69 Å². The normalized spacial score (nSPS) is 13.6. The first-order chi connectivity index (χ1) is 12.9. The van der Waals surface area contributed by atoms with Crippen LogP contribution in [0.3, 0.4) is 0 Å². The van der Waals surface area contributed by atoms with Gasteiger partial charge in [-0.05, 0) is 31.4 Å². The molecular formula is C17H21N3O7. The zero-order chi connectivity index (χ0) is 19.8. The van der Waals surface area contributed by atoms with Crippen LogP contribution in [-0.4, -0.2) is 61.0 Å². The molecule has 1 fully saturated rings. The minimum Gasteiger partial charge on any atom is -0.490 e. The number of nitro benzene ring substituents is 1. The highest BCUT2D eigenvalue weighted by atomic mass is 16.6. The predicted molar refractivity (Wildman–Crippen MR) is 93.4 cm³/mol. The van der Waals surface area contributed by atoms with Gasteiger partial charge in [0.25, 0.3) is 11.8 Å². The Balaban J connectivity index is 1.82. The number of hydrogen-bond acceptors (Lipinski definition) is 7. The standard InChI is InChI=1S/C17H21N3O7/c1-26-14-6-5-12(9-13(14)20(24)25)17(23)18-10-16(22)27-11-15(21)19-7-3-2-4-8-19/h5-6,9H,2-4,7-8,10-11H2,1H3,(H,18,23). The maximum absolute atomic E-state index is 12.1. The first-order valence-corrected chi connectivity index (χ1v) is 8.46. The van der Waals surface area contributed by atoms with Crippen LogP contribution < -0.4 is 10.1 Å². The van der Waals surface area contributed by atoms with Gasteiger partial charge in [0.2, 0.25) is 0 Å². The summed E-state index contributed by atoms with van der Waals surface area (Å²) in [5, 5.41) is 13.3. The minimum absolute atomic E-state index is 0.000284. The summed E-state index contributed by atoms with van der Waals surface area (Å²) in [6.07, 6.45) is 2.95. The average molecular weight is 379 g/mol. The number of piperidine rings is 1. The van der Waals surface area contributed by atoms with Gasteiger partial charge < -0.3 is 19.7 Å². The van der Waals surface area contributed by atoms with Crippen molar-refractivity contribution < 1.29 is 28.8 Å². The monoisotopic (exact) mass is 379 g/mol. The van der Waals surface area contributed by atoms with Gasteiger partial charge in [-0.25, -0.2) is 0 Å². The molecule has 146 valence electrons. The number of esters is 1. The molecule has 10 heteroatoms. The van der Waals surface area contributed by atoms with E-state index in [1.807, 2.05) is 0 Å². The smallest absolute Gasteiger partial charge is 0.325 e. The first-order valence-electron chi connectivity index (χ1n) is 8.46. The Morgan fingerprint density at radius 1 is 1.22 bits per heavy atom. The van der Waals surface area contributed by atoms with E-state index in [-0.39, 0.29) is 29.5 Å². The third-order valence-electron chi connectivity index (χ3n) is 4.10. The van der Waals surface area contributed by atoms with Gasteiger partial charge in [-0.2, -0.15) is 0 Å². The van der Waals surface area contributed by atoms with Gasteiger partial charge >= 0.3 is 11.7 Å². The molecule has 2 amide bonds. The van der Waals surface area contributed by atoms with Crippen molar-refractivity contribution >= 4 is 23.5 Å². The summed E-state index contributed by atoms with van der Waals surface area (Å²) in [6.45, 7) is 0.487. The third-order valence-corrected chi connectivity index (χ3v) is 4.10. The van der Waals surface area contributed by atoms with Crippen LogP contribution in [0.15, 0.2) is 18.2 Å². The number of carbonyl (C=O) groups excluding carboxylic acids is 3. The maximum Gasteiger partial charge on any atom is 0.325 e. The van der Waals surface area contributed by atoms with Gasteiger partial charge in [0.05, 0.1) is 12.0 Å². The Kier molecular flexibility index (Phi) is 7.09. The number of nitrogens with one attached hydrogen (secondary N) is 1. The van der Waals surface area contributed by atoms with E-state index in [2.05, 4.69) is 5.32 Å². The fourth-order valence-corrected chi connectivity index (χ4v) is 2.66. The fraction of sp³-hybridized carbons (Fsp3) is 0.471. The highest BCUT2D eigenvalue weighted by molar-refractivity contribution is 5.96. The Morgan fingerprint density at radius 2 is 1.93 bits per heavy atom. The molecule has 1 heterocycles. The van der Waals surface area contributed by atoms with Gasteiger partial charge in [0, 0.05) is 24.7 Å². The summed E-state index contributed by atoms with van der Waals surface area (Å²) in [4.78, 5) is 47.6. The van der Waals surface area contributed by atoms with E-state index in [1.54, 1.807) is 4.90 Å². The lowest BCUT2D eigenvalue weighted by Crippen LogP contribution is -2.39. The second-order valence-electron chi connectivity index (χ2n) is 5.93. The van der Waals surface area contributed by atoms with E-state index >= 15 is 0 Å². The lowest BCUT2D eigenvalue weighted by molar-refractivity contribution is -0.385. The summed E-state index contributed by atoms with van der Waals surface area (Å²) in [5.41, 5.74) is -0.362. The van der Waals surface area contributed by atoms with Gasteiger partial charge in [-0.15, -0.1) is 0 Å². The third kappa shape index (κ3) is 5.66. The zero-order valence-corrected chi connectivity index (χ0v) is 14.9. The predicted octanol–water partition coefficient (Wildman–Crippen LogP) is 0.889. The van der Waals surface area contributed by atoms with E-state index < -0.39 is 23.3 Å². The molecule has 0 spiro atoms. The summed E-state index contributed by atoms with van der Waals surface area (Å²) < 4.78 is 9.73. The van der Waals surface area contributed by atoms with Crippen LogP contribution in [0.25, 0.3) is 0 Å². The molecule has 27 heavy (non-hydrogen) atoms. The highest BCUT2D eigenvalue weighted by Gasteiger charge is 2.20. The van der Waals surface area contributed by atoms with Crippen LogP contribution in [0.1, 0.15) is 29.6 Å². The van der Waals surface area contributed by atoms with Crippen molar-refractivity contribution in [2.45, 2.75) is 19.3 Å². The van der Waals surface area contributed by atoms with Crippen molar-refractivity contribution in [3.05, 3.63) is 33.9 Å². The number of hydrogen-bond donors (Lipinski definition) is 1. The van der Waals surface area contributed by atoms with E-state index in [9.17, 15) is 24.5 Å². The van der Waals surface area contributed by atoms with Crippen molar-refractivity contribution in [2.24, 2.45) is 0 Å². The van der Waals surface area contributed by atoms with E-state index in [0.29, 0.717) is 13.1 Å². The van der Waals surface area contributed by atoms with Crippen molar-refractivity contribution in [1.82, 2.24) is 10.2 Å². The van der Waals surface area contributed by atoms with Crippen LogP contribution in [0.2, 0.25) is 0 Å². The molecule has 10 nitrogen and oxygen atoms in total. The quantitative estimate of drug-likeness (QED) is 0.423. The van der Waals surface area contributed by atoms with Crippen LogP contribution >= 0.6 is 0 Å². The zero-order valence-electron chi connectivity index (χ0n) is 14.9. The molecule has 0 bridgehead atoms. The second kappa shape index (κ2) is 9.51. The van der Waals surface area contributed by atoms with Gasteiger partial charge in [0.1, 0.15) is 6.54 Å². The molecule has 0 aromatic heterocycles. The molecule has 0 atom stereocenters. The fourth-order valence-electron chi connectivity index (χ4n) is 2.66. The molecule has 0 unspecified atom stereocenters. The molecule has 0 aliphatic carbocycles. The first kappa shape index (κ1) is 20.1. The topological polar surface area (TPSA) is 128 Å². The summed E-state index contributed by atoms with van der Waals surface area (Å²) in [6, 6.07) is 3.69. The number of amides is 2. The lowest BCUT2D eigenvalue weighted by Gasteiger charge is -2.26. The lowest BCUT2D eigenvalue weighted by atomic mass is 10.1. The summed E-state index contributed by atoms with van der Waals surface area (Å²) in [5.74, 6) is -1.69. The van der Waals surface area contributed by atoms with E-state index in [1.165, 1.54) is 19.2 Å². The van der Waals surface area contributed by atoms with Crippen LogP contribution in [0.5, 0.6) is 5.75 Å².